The second-order valence-corrected chi connectivity index (χ2v) is 6.48. The van der Waals surface area contributed by atoms with E-state index in [0.29, 0.717) is 0 Å². The van der Waals surface area contributed by atoms with Gasteiger partial charge >= 0.3 is 7.25 Å². The Labute approximate surface area is 133 Å². The molecule has 2 aliphatic rings. The highest BCUT2D eigenvalue weighted by atomic mass is 19.5. The molecular weight excluding hydrogens is 293 g/mol. The minimum absolute atomic E-state index is 0.997. The van der Waals surface area contributed by atoms with Gasteiger partial charge in [0.05, 0.1) is 12.1 Å². The Hall–Kier alpha value is -0.255. The van der Waals surface area contributed by atoms with Crippen LogP contribution in [-0.2, 0) is 0 Å². The summed E-state index contributed by atoms with van der Waals surface area (Å²) >= 11 is 0. The van der Waals surface area contributed by atoms with Crippen LogP contribution in [0, 0.1) is 0 Å². The highest BCUT2D eigenvalue weighted by molar-refractivity contribution is 6.50. The van der Waals surface area contributed by atoms with Gasteiger partial charge in [0, 0.05) is 0 Å². The monoisotopic (exact) mass is 327 g/mol. The van der Waals surface area contributed by atoms with Crippen LogP contribution in [0.1, 0.15) is 90.9 Å². The Morgan fingerprint density at radius 1 is 0.682 bits per heavy atom. The zero-order chi connectivity index (χ0) is 16.8. The van der Waals surface area contributed by atoms with Crippen LogP contribution < -0.4 is 5.32 Å². The standard InChI is InChI=1S/C12H23N.C4H10.BF4/c1-3-7-11(8-4-1)13-12-9-5-2-6-10-12;1-3-4-2;2-1(3,4)5/h11-13H,1-10H2;3-4H2,1-2H3;/q;;-1/p+1. The van der Waals surface area contributed by atoms with Crippen molar-refractivity contribution in [3.63, 3.8) is 0 Å². The van der Waals surface area contributed by atoms with Crippen LogP contribution in [0.3, 0.4) is 0 Å². The highest BCUT2D eigenvalue weighted by Gasteiger charge is 2.22. The van der Waals surface area contributed by atoms with E-state index in [0.717, 1.165) is 12.1 Å². The van der Waals surface area contributed by atoms with Crippen LogP contribution in [0.5, 0.6) is 0 Å². The zero-order valence-corrected chi connectivity index (χ0v) is 14.3. The van der Waals surface area contributed by atoms with E-state index < -0.39 is 7.25 Å². The summed E-state index contributed by atoms with van der Waals surface area (Å²) in [5, 5.41) is 2.72. The molecule has 0 aromatic heterocycles. The van der Waals surface area contributed by atoms with E-state index in [1.54, 1.807) is 0 Å². The molecule has 0 amide bonds. The maximum absolute atomic E-state index is 9.75. The van der Waals surface area contributed by atoms with Gasteiger partial charge in [-0.3, -0.25) is 0 Å². The molecule has 0 aromatic rings. The van der Waals surface area contributed by atoms with Crippen molar-refractivity contribution in [1.82, 2.24) is 0 Å². The Bertz CT molecular complexity index is 213. The number of rotatable bonds is 3. The van der Waals surface area contributed by atoms with E-state index in [1.165, 1.54) is 77.0 Å². The van der Waals surface area contributed by atoms with Crippen molar-refractivity contribution in [2.24, 2.45) is 0 Å². The predicted molar refractivity (Wildman–Crippen MR) is 86.4 cm³/mol. The van der Waals surface area contributed by atoms with Gasteiger partial charge in [0.25, 0.3) is 0 Å². The van der Waals surface area contributed by atoms with Crippen molar-refractivity contribution >= 4 is 7.25 Å². The van der Waals surface area contributed by atoms with Crippen LogP contribution in [0.2, 0.25) is 0 Å². The topological polar surface area (TPSA) is 16.6 Å². The van der Waals surface area contributed by atoms with Crippen LogP contribution >= 0.6 is 0 Å². The summed E-state index contributed by atoms with van der Waals surface area (Å²) in [7, 11) is -6.00. The van der Waals surface area contributed by atoms with Crippen molar-refractivity contribution < 1.29 is 22.6 Å². The minimum Gasteiger partial charge on any atom is -0.418 e. The third-order valence-electron chi connectivity index (χ3n) is 4.34. The largest absolute Gasteiger partial charge is 0.673 e. The number of hydrogen-bond acceptors (Lipinski definition) is 0. The lowest BCUT2D eigenvalue weighted by molar-refractivity contribution is -0.725. The molecule has 1 nitrogen and oxygen atoms in total. The van der Waals surface area contributed by atoms with Gasteiger partial charge < -0.3 is 22.6 Å². The summed E-state index contributed by atoms with van der Waals surface area (Å²) < 4.78 is 39.0. The van der Waals surface area contributed by atoms with Crippen molar-refractivity contribution in [3.05, 3.63) is 0 Å². The average molecular weight is 327 g/mol. The first-order valence-electron chi connectivity index (χ1n) is 9.09. The molecule has 2 saturated carbocycles. The fourth-order valence-electron chi connectivity index (χ4n) is 3.04. The number of unbranched alkanes of at least 4 members (excludes halogenated alkanes) is 1. The van der Waals surface area contributed by atoms with Crippen LogP contribution in [-0.4, -0.2) is 19.3 Å². The Balaban J connectivity index is 0.000000411. The summed E-state index contributed by atoms with van der Waals surface area (Å²) in [6.07, 6.45) is 17.6. The maximum atomic E-state index is 9.75. The number of hydrogen-bond donors (Lipinski definition) is 1. The van der Waals surface area contributed by atoms with Crippen LogP contribution in [0.25, 0.3) is 0 Å². The van der Waals surface area contributed by atoms with Gasteiger partial charge in [-0.15, -0.1) is 0 Å². The Kier molecular flexibility index (Phi) is 13.1. The quantitative estimate of drug-likeness (QED) is 0.533. The van der Waals surface area contributed by atoms with Gasteiger partial charge in [-0.25, -0.2) is 0 Å². The normalized spacial score (nSPS) is 20.5. The molecule has 0 heterocycles. The van der Waals surface area contributed by atoms with Gasteiger partial charge in [0.15, 0.2) is 0 Å². The highest BCUT2D eigenvalue weighted by Crippen LogP contribution is 2.18. The lowest BCUT2D eigenvalue weighted by Crippen LogP contribution is -2.95. The third kappa shape index (κ3) is 16.1. The van der Waals surface area contributed by atoms with Gasteiger partial charge in [-0.05, 0) is 51.4 Å². The lowest BCUT2D eigenvalue weighted by Gasteiger charge is -2.27. The van der Waals surface area contributed by atoms with Gasteiger partial charge in [-0.1, -0.05) is 39.5 Å². The van der Waals surface area contributed by atoms with Crippen LogP contribution in [0.15, 0.2) is 0 Å². The van der Waals surface area contributed by atoms with E-state index >= 15 is 0 Å². The minimum atomic E-state index is -6.00. The molecule has 2 N–H and O–H groups in total. The number of quaternary nitrogens is 1. The van der Waals surface area contributed by atoms with Crippen molar-refractivity contribution in [2.75, 3.05) is 0 Å². The molecular formula is C16H34BF4N. The molecule has 0 saturated heterocycles. The molecule has 2 aliphatic carbocycles. The first-order chi connectivity index (χ1) is 10.4. The van der Waals surface area contributed by atoms with Crippen molar-refractivity contribution in [3.8, 4) is 0 Å². The molecule has 0 spiro atoms. The summed E-state index contributed by atoms with van der Waals surface area (Å²) in [6, 6.07) is 1.99. The van der Waals surface area contributed by atoms with Gasteiger partial charge in [-0.2, -0.15) is 0 Å². The molecule has 6 heteroatoms. The molecule has 134 valence electrons. The molecule has 0 radical (unpaired) electrons. The molecule has 0 unspecified atom stereocenters. The third-order valence-corrected chi connectivity index (χ3v) is 4.34. The maximum Gasteiger partial charge on any atom is 0.673 e. The summed E-state index contributed by atoms with van der Waals surface area (Å²) in [5.41, 5.74) is 0. The van der Waals surface area contributed by atoms with E-state index in [9.17, 15) is 17.3 Å². The lowest BCUT2D eigenvalue weighted by atomic mass is 9.91. The first-order valence-corrected chi connectivity index (χ1v) is 9.09. The molecule has 0 aliphatic heterocycles. The molecule has 0 bridgehead atoms. The fourth-order valence-corrected chi connectivity index (χ4v) is 3.04. The fraction of sp³-hybridized carbons (Fsp3) is 1.00. The molecule has 0 atom stereocenters. The summed E-state index contributed by atoms with van der Waals surface area (Å²) in [5.74, 6) is 0. The molecule has 2 rings (SSSR count). The smallest absolute Gasteiger partial charge is 0.418 e. The van der Waals surface area contributed by atoms with Crippen molar-refractivity contribution in [2.45, 2.75) is 103 Å². The van der Waals surface area contributed by atoms with E-state index in [2.05, 4.69) is 19.2 Å². The Morgan fingerprint density at radius 2 is 0.955 bits per heavy atom. The number of halogens is 4. The van der Waals surface area contributed by atoms with Gasteiger partial charge in [0.2, 0.25) is 0 Å². The molecule has 22 heavy (non-hydrogen) atoms. The van der Waals surface area contributed by atoms with E-state index in [1.807, 2.05) is 0 Å². The first kappa shape index (κ1) is 21.7. The second kappa shape index (κ2) is 13.2. The van der Waals surface area contributed by atoms with E-state index in [-0.39, 0.29) is 0 Å². The van der Waals surface area contributed by atoms with Crippen molar-refractivity contribution in [1.29, 1.82) is 0 Å². The molecule has 0 aromatic carbocycles. The van der Waals surface area contributed by atoms with E-state index in [4.69, 9.17) is 0 Å². The zero-order valence-electron chi connectivity index (χ0n) is 14.3. The second-order valence-electron chi connectivity index (χ2n) is 6.48. The number of nitrogens with two attached hydrogens (primary N) is 1. The van der Waals surface area contributed by atoms with Crippen LogP contribution in [0.4, 0.5) is 17.3 Å². The average Bonchev–Trinajstić information content (AvgIpc) is 2.48. The predicted octanol–water partition coefficient (Wildman–Crippen LogP) is 5.32. The SMILES string of the molecule is C1CCC([NH2+]C2CCCCC2)CC1.CCCC.F[B-](F)(F)F. The molecule has 2 fully saturated rings. The van der Waals surface area contributed by atoms with Gasteiger partial charge in [0.1, 0.15) is 0 Å². The summed E-state index contributed by atoms with van der Waals surface area (Å²) in [4.78, 5) is 0. The Morgan fingerprint density at radius 3 is 1.18 bits per heavy atom. The summed E-state index contributed by atoms with van der Waals surface area (Å²) in [6.45, 7) is 4.36.